The fourth-order valence-corrected chi connectivity index (χ4v) is 8.91. The van der Waals surface area contributed by atoms with Crippen LogP contribution in [-0.2, 0) is 0 Å². The summed E-state index contributed by atoms with van der Waals surface area (Å²) in [5.41, 5.74) is 12.0. The van der Waals surface area contributed by atoms with E-state index < -0.39 is 0 Å². The summed E-state index contributed by atoms with van der Waals surface area (Å²) in [7, 11) is 0. The molecule has 1 nitrogen and oxygen atoms in total. The Hall–Kier alpha value is -6.70. The highest BCUT2D eigenvalue weighted by molar-refractivity contribution is 6.21. The van der Waals surface area contributed by atoms with E-state index in [9.17, 15) is 0 Å². The molecule has 1 heteroatoms. The van der Waals surface area contributed by atoms with Crippen molar-refractivity contribution in [2.75, 3.05) is 0 Å². The fourth-order valence-electron chi connectivity index (χ4n) is 8.91. The van der Waals surface area contributed by atoms with Crippen LogP contribution in [0.3, 0.4) is 0 Å². The largest absolute Gasteiger partial charge is 0.456 e. The van der Waals surface area contributed by atoms with Crippen molar-refractivity contribution in [2.45, 2.75) is 5.92 Å². The summed E-state index contributed by atoms with van der Waals surface area (Å²) in [6, 6.07) is 58.0. The lowest BCUT2D eigenvalue weighted by Crippen LogP contribution is -2.12. The summed E-state index contributed by atoms with van der Waals surface area (Å²) in [4.78, 5) is 0. The van der Waals surface area contributed by atoms with Gasteiger partial charge in [0.15, 0.2) is 0 Å². The SMILES string of the molecule is C1=CC2C=Cc3oc4ccc(-c5cccc(-c6c7ccccc7c(-c7cccc(-c8ccc9ccccc9c8)c7)c7ccccc67)c5)cc4c3C2C=C1. The normalized spacial score (nSPS) is 16.1. The van der Waals surface area contributed by atoms with E-state index in [-0.39, 0.29) is 0 Å². The van der Waals surface area contributed by atoms with Crippen LogP contribution < -0.4 is 0 Å². The summed E-state index contributed by atoms with van der Waals surface area (Å²) < 4.78 is 6.37. The molecule has 2 aliphatic carbocycles. The van der Waals surface area contributed by atoms with Crippen molar-refractivity contribution in [3.05, 3.63) is 199 Å². The van der Waals surface area contributed by atoms with Crippen molar-refractivity contribution >= 4 is 49.4 Å². The number of allylic oxidation sites excluding steroid dienone is 5. The molecule has 0 fully saturated rings. The van der Waals surface area contributed by atoms with Gasteiger partial charge in [0.2, 0.25) is 0 Å². The molecule has 1 heterocycles. The predicted molar refractivity (Wildman–Crippen MR) is 224 cm³/mol. The third-order valence-corrected chi connectivity index (χ3v) is 11.4. The molecule has 2 unspecified atom stereocenters. The maximum Gasteiger partial charge on any atom is 0.135 e. The Balaban J connectivity index is 1.06. The van der Waals surface area contributed by atoms with E-state index in [1.807, 2.05) is 0 Å². The Labute approximate surface area is 308 Å². The minimum Gasteiger partial charge on any atom is -0.456 e. The molecule has 0 bridgehead atoms. The number of rotatable bonds is 4. The zero-order valence-corrected chi connectivity index (χ0v) is 29.0. The van der Waals surface area contributed by atoms with Crippen molar-refractivity contribution in [3.63, 3.8) is 0 Å². The van der Waals surface area contributed by atoms with Gasteiger partial charge in [-0.3, -0.25) is 0 Å². The monoisotopic (exact) mass is 674 g/mol. The molecule has 248 valence electrons. The van der Waals surface area contributed by atoms with E-state index in [4.69, 9.17) is 4.42 Å². The highest BCUT2D eigenvalue weighted by atomic mass is 16.3. The molecule has 0 amide bonds. The van der Waals surface area contributed by atoms with Crippen LogP contribution in [0, 0.1) is 5.92 Å². The van der Waals surface area contributed by atoms with Crippen molar-refractivity contribution in [3.8, 4) is 44.5 Å². The summed E-state index contributed by atoms with van der Waals surface area (Å²) in [5.74, 6) is 1.64. The first-order chi connectivity index (χ1) is 26.3. The molecular weight excluding hydrogens is 641 g/mol. The third kappa shape index (κ3) is 4.85. The first kappa shape index (κ1) is 30.0. The summed E-state index contributed by atoms with van der Waals surface area (Å²) in [6.45, 7) is 0. The summed E-state index contributed by atoms with van der Waals surface area (Å²) >= 11 is 0. The van der Waals surface area contributed by atoms with Gasteiger partial charge in [0.05, 0.1) is 0 Å². The molecule has 9 aromatic rings. The standard InChI is InChI=1S/C52H34O/c1-2-13-35-29-38(24-23-33(35)11-1)36-14-9-16-40(30-36)50-43-19-5-7-21-45(43)51(46-22-8-6-20-44(46)50)41-17-10-15-37(31-41)39-26-27-48-47(32-39)52-42-18-4-3-12-34(42)25-28-49(52)53-48/h1-32,34,42H. The van der Waals surface area contributed by atoms with Crippen LogP contribution in [0.2, 0.25) is 0 Å². The van der Waals surface area contributed by atoms with Gasteiger partial charge in [0.25, 0.3) is 0 Å². The Kier molecular flexibility index (Phi) is 6.75. The van der Waals surface area contributed by atoms with Crippen LogP contribution in [-0.4, -0.2) is 0 Å². The van der Waals surface area contributed by atoms with Gasteiger partial charge in [0.1, 0.15) is 11.3 Å². The minimum atomic E-state index is 0.298. The van der Waals surface area contributed by atoms with Crippen LogP contribution in [0.4, 0.5) is 0 Å². The zero-order valence-electron chi connectivity index (χ0n) is 29.0. The smallest absolute Gasteiger partial charge is 0.135 e. The molecule has 1 aromatic heterocycles. The second-order valence-corrected chi connectivity index (χ2v) is 14.4. The van der Waals surface area contributed by atoms with E-state index in [1.54, 1.807) is 0 Å². The molecule has 11 rings (SSSR count). The molecule has 2 aliphatic rings. The van der Waals surface area contributed by atoms with Gasteiger partial charge in [-0.25, -0.2) is 0 Å². The van der Waals surface area contributed by atoms with Gasteiger partial charge in [-0.15, -0.1) is 0 Å². The first-order valence-corrected chi connectivity index (χ1v) is 18.5. The number of fused-ring (bicyclic) bond motifs is 8. The summed E-state index contributed by atoms with van der Waals surface area (Å²) in [6.07, 6.45) is 13.3. The average molecular weight is 675 g/mol. The number of benzene rings is 8. The third-order valence-electron chi connectivity index (χ3n) is 11.4. The number of furan rings is 1. The van der Waals surface area contributed by atoms with Gasteiger partial charge in [-0.05, 0) is 113 Å². The van der Waals surface area contributed by atoms with Crippen LogP contribution >= 0.6 is 0 Å². The summed E-state index contributed by atoms with van der Waals surface area (Å²) in [5, 5.41) is 8.74. The van der Waals surface area contributed by atoms with Crippen LogP contribution in [0.15, 0.2) is 193 Å². The Bertz CT molecular complexity index is 2960. The first-order valence-electron chi connectivity index (χ1n) is 18.5. The Morgan fingerprint density at radius 3 is 1.60 bits per heavy atom. The highest BCUT2D eigenvalue weighted by Crippen LogP contribution is 2.47. The van der Waals surface area contributed by atoms with Crippen molar-refractivity contribution in [1.82, 2.24) is 0 Å². The zero-order chi connectivity index (χ0) is 34.9. The molecular formula is C52H34O. The second-order valence-electron chi connectivity index (χ2n) is 14.4. The number of hydrogen-bond donors (Lipinski definition) is 0. The molecule has 0 saturated heterocycles. The maximum absolute atomic E-state index is 6.37. The molecule has 0 spiro atoms. The van der Waals surface area contributed by atoms with E-state index in [0.29, 0.717) is 11.8 Å². The topological polar surface area (TPSA) is 13.1 Å². The van der Waals surface area contributed by atoms with Gasteiger partial charge in [-0.1, -0.05) is 158 Å². The van der Waals surface area contributed by atoms with E-state index in [2.05, 4.69) is 194 Å². The average Bonchev–Trinajstić information content (AvgIpc) is 3.61. The lowest BCUT2D eigenvalue weighted by molar-refractivity contribution is 0.578. The molecule has 0 saturated carbocycles. The Morgan fingerprint density at radius 1 is 0.377 bits per heavy atom. The molecule has 0 aliphatic heterocycles. The van der Waals surface area contributed by atoms with Crippen LogP contribution in [0.25, 0.3) is 93.9 Å². The van der Waals surface area contributed by atoms with Crippen molar-refractivity contribution in [1.29, 1.82) is 0 Å². The fraction of sp³-hybridized carbons (Fsp3) is 0.0385. The maximum atomic E-state index is 6.37. The number of hydrogen-bond acceptors (Lipinski definition) is 1. The molecule has 2 atom stereocenters. The minimum absolute atomic E-state index is 0.298. The highest BCUT2D eigenvalue weighted by Gasteiger charge is 2.29. The molecule has 0 radical (unpaired) electrons. The van der Waals surface area contributed by atoms with Crippen LogP contribution in [0.5, 0.6) is 0 Å². The van der Waals surface area contributed by atoms with E-state index >= 15 is 0 Å². The quantitative estimate of drug-likeness (QED) is 0.169. The van der Waals surface area contributed by atoms with Crippen molar-refractivity contribution < 1.29 is 4.42 Å². The lowest BCUT2D eigenvalue weighted by atomic mass is 9.78. The van der Waals surface area contributed by atoms with Crippen LogP contribution in [0.1, 0.15) is 17.2 Å². The van der Waals surface area contributed by atoms with Crippen molar-refractivity contribution in [2.24, 2.45) is 5.92 Å². The van der Waals surface area contributed by atoms with Gasteiger partial charge >= 0.3 is 0 Å². The van der Waals surface area contributed by atoms with E-state index in [1.165, 1.54) is 87.8 Å². The molecule has 0 N–H and O–H groups in total. The predicted octanol–water partition coefficient (Wildman–Crippen LogP) is 14.4. The molecule has 53 heavy (non-hydrogen) atoms. The second kappa shape index (κ2) is 11.9. The van der Waals surface area contributed by atoms with Gasteiger partial charge in [-0.2, -0.15) is 0 Å². The Morgan fingerprint density at radius 2 is 0.925 bits per heavy atom. The van der Waals surface area contributed by atoms with Gasteiger partial charge in [0, 0.05) is 22.8 Å². The lowest BCUT2D eigenvalue weighted by Gasteiger charge is -2.24. The molecule has 8 aromatic carbocycles. The van der Waals surface area contributed by atoms with Gasteiger partial charge < -0.3 is 4.42 Å². The van der Waals surface area contributed by atoms with E-state index in [0.717, 1.165) is 11.3 Å².